The summed E-state index contributed by atoms with van der Waals surface area (Å²) < 4.78 is 6.60. The second-order valence-corrected chi connectivity index (χ2v) is 16.4. The van der Waals surface area contributed by atoms with Crippen molar-refractivity contribution in [1.82, 2.24) is 9.97 Å². The minimum atomic E-state index is -0.556. The SMILES string of the molecule is c1ccc(-c2cccc(-c3cc(-c4cccc5c4oc4ccccc45)nc(-c4ccc5c(c4)-c4ccccc4C54c5ccccc5-c5ccccc5-c5ccccc54)n3)c2)cc1. The number of aromatic nitrogens is 2. The maximum absolute atomic E-state index is 6.60. The lowest BCUT2D eigenvalue weighted by molar-refractivity contribution is 0.670. The molecule has 0 amide bonds. The molecule has 11 aromatic rings. The average Bonchev–Trinajstić information content (AvgIpc) is 3.84. The van der Waals surface area contributed by atoms with Crippen molar-refractivity contribution in [1.29, 1.82) is 0 Å². The Kier molecular flexibility index (Phi) is 7.52. The molecule has 13 rings (SSSR count). The standard InChI is InChI=1S/C59H36N2O/c1-2-16-37(17-3-1)38-18-14-19-39(34-38)54-36-55(48-27-15-26-47-46-25-9-13-31-56(46)62-57(47)48)61-58(60-54)40-32-33-53-49(35-40)45-24-8-12-30-52(45)59(53)50-28-10-6-22-43(50)41-20-4-5-21-42(41)44-23-7-11-29-51(44)59/h1-36H. The smallest absolute Gasteiger partial charge is 0.160 e. The first-order chi connectivity index (χ1) is 30.7. The van der Waals surface area contributed by atoms with E-state index in [9.17, 15) is 0 Å². The number of hydrogen-bond donors (Lipinski definition) is 0. The third-order valence-electron chi connectivity index (χ3n) is 13.1. The van der Waals surface area contributed by atoms with Crippen molar-refractivity contribution in [3.05, 3.63) is 241 Å². The molecule has 2 aliphatic carbocycles. The molecule has 288 valence electrons. The summed E-state index contributed by atoms with van der Waals surface area (Å²) >= 11 is 0. The molecule has 0 bridgehead atoms. The molecule has 62 heavy (non-hydrogen) atoms. The van der Waals surface area contributed by atoms with E-state index in [-0.39, 0.29) is 0 Å². The van der Waals surface area contributed by atoms with E-state index >= 15 is 0 Å². The number of para-hydroxylation sites is 2. The predicted molar refractivity (Wildman–Crippen MR) is 253 cm³/mol. The van der Waals surface area contributed by atoms with Gasteiger partial charge in [0.05, 0.1) is 16.8 Å². The lowest BCUT2D eigenvalue weighted by Gasteiger charge is -2.35. The van der Waals surface area contributed by atoms with E-state index in [1.807, 2.05) is 12.1 Å². The molecule has 2 aliphatic rings. The molecule has 9 aromatic carbocycles. The highest BCUT2D eigenvalue weighted by Crippen LogP contribution is 2.61. The predicted octanol–water partition coefficient (Wildman–Crippen LogP) is 15.1. The Bertz CT molecular complexity index is 3530. The van der Waals surface area contributed by atoms with Crippen LogP contribution < -0.4 is 0 Å². The zero-order chi connectivity index (χ0) is 40.8. The molecule has 3 heteroatoms. The molecule has 0 saturated carbocycles. The average molecular weight is 789 g/mol. The maximum Gasteiger partial charge on any atom is 0.160 e. The van der Waals surface area contributed by atoms with Crippen LogP contribution >= 0.6 is 0 Å². The number of hydrogen-bond acceptors (Lipinski definition) is 3. The number of furan rings is 1. The van der Waals surface area contributed by atoms with Crippen molar-refractivity contribution < 1.29 is 4.42 Å². The maximum atomic E-state index is 6.60. The third-order valence-corrected chi connectivity index (χ3v) is 13.1. The van der Waals surface area contributed by atoms with Crippen LogP contribution in [0, 0.1) is 0 Å². The Hall–Kier alpha value is -8.14. The molecule has 0 unspecified atom stereocenters. The summed E-state index contributed by atoms with van der Waals surface area (Å²) in [7, 11) is 0. The van der Waals surface area contributed by atoms with Crippen molar-refractivity contribution in [3.63, 3.8) is 0 Å². The molecule has 0 aliphatic heterocycles. The number of fused-ring (bicyclic) bond motifs is 15. The highest BCUT2D eigenvalue weighted by molar-refractivity contribution is 6.09. The summed E-state index contributed by atoms with van der Waals surface area (Å²) in [5, 5.41) is 2.15. The van der Waals surface area contributed by atoms with Gasteiger partial charge in [-0.25, -0.2) is 9.97 Å². The molecule has 0 fully saturated rings. The Morgan fingerprint density at radius 3 is 1.55 bits per heavy atom. The van der Waals surface area contributed by atoms with Crippen LogP contribution in [0.2, 0.25) is 0 Å². The highest BCUT2D eigenvalue weighted by atomic mass is 16.3. The molecule has 0 atom stereocenters. The van der Waals surface area contributed by atoms with Gasteiger partial charge in [0.15, 0.2) is 5.82 Å². The van der Waals surface area contributed by atoms with Crippen LogP contribution in [0.3, 0.4) is 0 Å². The molecule has 0 radical (unpaired) electrons. The van der Waals surface area contributed by atoms with Gasteiger partial charge < -0.3 is 4.42 Å². The zero-order valence-electron chi connectivity index (χ0n) is 33.6. The normalized spacial score (nSPS) is 13.0. The fraction of sp³-hybridized carbons (Fsp3) is 0.0169. The quantitative estimate of drug-likeness (QED) is 0.178. The van der Waals surface area contributed by atoms with Crippen LogP contribution in [-0.2, 0) is 5.41 Å². The first-order valence-corrected chi connectivity index (χ1v) is 21.2. The second-order valence-electron chi connectivity index (χ2n) is 16.4. The Balaban J connectivity index is 1.06. The number of rotatable bonds is 4. The summed E-state index contributed by atoms with van der Waals surface area (Å²) in [5.74, 6) is 0.658. The molecular formula is C59H36N2O. The topological polar surface area (TPSA) is 38.9 Å². The summed E-state index contributed by atoms with van der Waals surface area (Å²) in [4.78, 5) is 10.8. The monoisotopic (exact) mass is 788 g/mol. The largest absolute Gasteiger partial charge is 0.455 e. The van der Waals surface area contributed by atoms with Gasteiger partial charge in [-0.15, -0.1) is 0 Å². The first-order valence-electron chi connectivity index (χ1n) is 21.2. The Labute approximate surface area is 359 Å². The number of nitrogens with zero attached hydrogens (tertiary/aromatic N) is 2. The van der Waals surface area contributed by atoms with E-state index in [1.54, 1.807) is 0 Å². The van der Waals surface area contributed by atoms with E-state index in [1.165, 1.54) is 55.6 Å². The van der Waals surface area contributed by atoms with Gasteiger partial charge in [-0.05, 0) is 97.1 Å². The Morgan fingerprint density at radius 1 is 0.306 bits per heavy atom. The molecule has 0 saturated heterocycles. The Morgan fingerprint density at radius 2 is 0.823 bits per heavy atom. The zero-order valence-corrected chi connectivity index (χ0v) is 33.6. The van der Waals surface area contributed by atoms with E-state index in [0.717, 1.165) is 61.1 Å². The van der Waals surface area contributed by atoms with Gasteiger partial charge >= 0.3 is 0 Å². The third kappa shape index (κ3) is 5.00. The fourth-order valence-electron chi connectivity index (χ4n) is 10.5. The first kappa shape index (κ1) is 34.7. The van der Waals surface area contributed by atoms with Crippen molar-refractivity contribution >= 4 is 21.9 Å². The second kappa shape index (κ2) is 13.4. The molecule has 1 spiro atoms. The van der Waals surface area contributed by atoms with Crippen LogP contribution in [0.4, 0.5) is 0 Å². The summed E-state index contributed by atoms with van der Waals surface area (Å²) in [6.07, 6.45) is 0. The molecule has 3 nitrogen and oxygen atoms in total. The van der Waals surface area contributed by atoms with E-state index in [2.05, 4.69) is 206 Å². The van der Waals surface area contributed by atoms with Crippen molar-refractivity contribution in [2.24, 2.45) is 0 Å². The number of benzene rings is 9. The van der Waals surface area contributed by atoms with Gasteiger partial charge in [-0.2, -0.15) is 0 Å². The van der Waals surface area contributed by atoms with E-state index in [0.29, 0.717) is 5.82 Å². The summed E-state index contributed by atoms with van der Waals surface area (Å²) in [6, 6.07) is 78.7. The van der Waals surface area contributed by atoms with Crippen LogP contribution in [-0.4, -0.2) is 9.97 Å². The van der Waals surface area contributed by atoms with Crippen LogP contribution in [0.25, 0.3) is 100 Å². The molecule has 2 aromatic heterocycles. The van der Waals surface area contributed by atoms with Gasteiger partial charge in [0.25, 0.3) is 0 Å². The van der Waals surface area contributed by atoms with Crippen LogP contribution in [0.5, 0.6) is 0 Å². The minimum Gasteiger partial charge on any atom is -0.455 e. The highest BCUT2D eigenvalue weighted by Gasteiger charge is 2.49. The van der Waals surface area contributed by atoms with Crippen molar-refractivity contribution in [3.8, 4) is 78.4 Å². The minimum absolute atomic E-state index is 0.556. The van der Waals surface area contributed by atoms with Gasteiger partial charge in [-0.3, -0.25) is 0 Å². The van der Waals surface area contributed by atoms with Crippen LogP contribution in [0.15, 0.2) is 223 Å². The van der Waals surface area contributed by atoms with Gasteiger partial charge in [0.2, 0.25) is 0 Å². The van der Waals surface area contributed by atoms with Crippen LogP contribution in [0.1, 0.15) is 22.3 Å². The molecule has 0 N–H and O–H groups in total. The molecular weight excluding hydrogens is 753 g/mol. The lowest BCUT2D eigenvalue weighted by Crippen LogP contribution is -2.29. The van der Waals surface area contributed by atoms with Crippen molar-refractivity contribution in [2.75, 3.05) is 0 Å². The summed E-state index contributed by atoms with van der Waals surface area (Å²) in [5.41, 5.74) is 20.5. The van der Waals surface area contributed by atoms with Gasteiger partial charge in [0, 0.05) is 27.5 Å². The summed E-state index contributed by atoms with van der Waals surface area (Å²) in [6.45, 7) is 0. The van der Waals surface area contributed by atoms with Crippen molar-refractivity contribution in [2.45, 2.75) is 5.41 Å². The van der Waals surface area contributed by atoms with Gasteiger partial charge in [0.1, 0.15) is 11.2 Å². The van der Waals surface area contributed by atoms with Gasteiger partial charge in [-0.1, -0.05) is 188 Å². The van der Waals surface area contributed by atoms with E-state index in [4.69, 9.17) is 14.4 Å². The van der Waals surface area contributed by atoms with E-state index < -0.39 is 5.41 Å². The fourth-order valence-corrected chi connectivity index (χ4v) is 10.5. The molecule has 2 heterocycles. The lowest BCUT2D eigenvalue weighted by atomic mass is 9.66.